The molecule has 10 heteroatoms. The summed E-state index contributed by atoms with van der Waals surface area (Å²) in [6.07, 6.45) is 1.43. The molecule has 3 aromatic rings. The highest BCUT2D eigenvalue weighted by atomic mass is 16.5. The lowest BCUT2D eigenvalue weighted by atomic mass is 10.1. The molecule has 2 aromatic heterocycles. The van der Waals surface area contributed by atoms with E-state index in [0.29, 0.717) is 5.56 Å². The van der Waals surface area contributed by atoms with Gasteiger partial charge < -0.3 is 24.5 Å². The van der Waals surface area contributed by atoms with Gasteiger partial charge in [0.25, 0.3) is 0 Å². The van der Waals surface area contributed by atoms with Crippen LogP contribution in [0.4, 0.5) is 11.5 Å². The summed E-state index contributed by atoms with van der Waals surface area (Å²) >= 11 is 0. The number of esters is 2. The highest BCUT2D eigenvalue weighted by molar-refractivity contribution is 6.07. The van der Waals surface area contributed by atoms with E-state index in [2.05, 4.69) is 9.97 Å². The summed E-state index contributed by atoms with van der Waals surface area (Å²) < 4.78 is 15.7. The van der Waals surface area contributed by atoms with Crippen LogP contribution in [0.15, 0.2) is 34.3 Å². The number of nitrogens with zero attached hydrogens (tertiary/aromatic N) is 4. The Morgan fingerprint density at radius 2 is 1.91 bits per heavy atom. The SMILES string of the molecule is CCOC(=O)c1c(C)oc2nc(COC(=O)/C(C#N)=C/c3ccc(N(C)C)cc3)nc(N)c12. The molecule has 0 aliphatic rings. The second-order valence-electron chi connectivity index (χ2n) is 7.19. The number of nitriles is 1. The first-order valence-electron chi connectivity index (χ1n) is 10.0. The zero-order chi connectivity index (χ0) is 24.1. The highest BCUT2D eigenvalue weighted by Gasteiger charge is 2.24. The Kier molecular flexibility index (Phi) is 6.93. The summed E-state index contributed by atoms with van der Waals surface area (Å²) in [5, 5.41) is 9.61. The first-order chi connectivity index (χ1) is 15.7. The van der Waals surface area contributed by atoms with Crippen molar-refractivity contribution in [2.24, 2.45) is 0 Å². The van der Waals surface area contributed by atoms with Crippen molar-refractivity contribution < 1.29 is 23.5 Å². The molecule has 0 aliphatic heterocycles. The Labute approximate surface area is 190 Å². The molecule has 0 spiro atoms. The normalized spacial score (nSPS) is 11.2. The summed E-state index contributed by atoms with van der Waals surface area (Å²) in [4.78, 5) is 34.8. The molecule has 0 unspecified atom stereocenters. The fraction of sp³-hybridized carbons (Fsp3) is 0.261. The van der Waals surface area contributed by atoms with Crippen LogP contribution in [-0.2, 0) is 20.9 Å². The van der Waals surface area contributed by atoms with Gasteiger partial charge in [-0.15, -0.1) is 0 Å². The molecule has 0 aliphatic carbocycles. The lowest BCUT2D eigenvalue weighted by Crippen LogP contribution is -2.11. The fourth-order valence-electron chi connectivity index (χ4n) is 3.08. The van der Waals surface area contributed by atoms with Crippen molar-refractivity contribution in [1.29, 1.82) is 5.26 Å². The van der Waals surface area contributed by atoms with Crippen LogP contribution in [0.5, 0.6) is 0 Å². The van der Waals surface area contributed by atoms with Crippen molar-refractivity contribution in [1.82, 2.24) is 9.97 Å². The molecule has 33 heavy (non-hydrogen) atoms. The van der Waals surface area contributed by atoms with Crippen molar-refractivity contribution in [2.45, 2.75) is 20.5 Å². The third-order valence-corrected chi connectivity index (χ3v) is 4.67. The molecule has 0 saturated carbocycles. The number of hydrogen-bond acceptors (Lipinski definition) is 10. The molecule has 0 amide bonds. The largest absolute Gasteiger partial charge is 0.462 e. The van der Waals surface area contributed by atoms with Gasteiger partial charge >= 0.3 is 11.9 Å². The molecular formula is C23H23N5O5. The lowest BCUT2D eigenvalue weighted by Gasteiger charge is -2.11. The zero-order valence-corrected chi connectivity index (χ0v) is 18.7. The highest BCUT2D eigenvalue weighted by Crippen LogP contribution is 2.29. The molecule has 2 N–H and O–H groups in total. The van der Waals surface area contributed by atoms with Crippen LogP contribution in [-0.4, -0.2) is 42.6 Å². The van der Waals surface area contributed by atoms with E-state index in [0.717, 1.165) is 5.69 Å². The van der Waals surface area contributed by atoms with Gasteiger partial charge in [0, 0.05) is 19.8 Å². The van der Waals surface area contributed by atoms with E-state index in [1.54, 1.807) is 26.0 Å². The van der Waals surface area contributed by atoms with Crippen molar-refractivity contribution in [3.8, 4) is 6.07 Å². The van der Waals surface area contributed by atoms with Crippen molar-refractivity contribution >= 4 is 40.6 Å². The number of nitrogen functional groups attached to an aromatic ring is 1. The zero-order valence-electron chi connectivity index (χ0n) is 18.7. The number of aromatic nitrogens is 2. The van der Waals surface area contributed by atoms with E-state index in [-0.39, 0.29) is 52.9 Å². The quantitative estimate of drug-likeness (QED) is 0.324. The molecule has 1 aromatic carbocycles. The number of carbonyl (C=O) groups excluding carboxylic acids is 2. The Morgan fingerprint density at radius 1 is 1.21 bits per heavy atom. The van der Waals surface area contributed by atoms with E-state index in [1.165, 1.54) is 6.08 Å². The van der Waals surface area contributed by atoms with Gasteiger partial charge in [0.2, 0.25) is 5.71 Å². The maximum atomic E-state index is 12.4. The predicted octanol–water partition coefficient (Wildman–Crippen LogP) is 3.01. The van der Waals surface area contributed by atoms with Gasteiger partial charge in [0.1, 0.15) is 28.8 Å². The minimum Gasteiger partial charge on any atom is -0.462 e. The molecule has 170 valence electrons. The first kappa shape index (κ1) is 23.3. The van der Waals surface area contributed by atoms with Crippen LogP contribution in [0, 0.1) is 18.3 Å². The molecule has 10 nitrogen and oxygen atoms in total. The number of benzene rings is 1. The fourth-order valence-corrected chi connectivity index (χ4v) is 3.08. The lowest BCUT2D eigenvalue weighted by molar-refractivity contribution is -0.139. The monoisotopic (exact) mass is 449 g/mol. The Balaban J connectivity index is 1.78. The number of anilines is 2. The summed E-state index contributed by atoms with van der Waals surface area (Å²) in [6.45, 7) is 3.12. The number of fused-ring (bicyclic) bond motifs is 1. The summed E-state index contributed by atoms with van der Waals surface area (Å²) in [5.74, 6) is -1.09. The number of carbonyl (C=O) groups is 2. The van der Waals surface area contributed by atoms with Crippen LogP contribution in [0.2, 0.25) is 0 Å². The number of hydrogen-bond donors (Lipinski definition) is 1. The van der Waals surface area contributed by atoms with E-state index < -0.39 is 11.9 Å². The van der Waals surface area contributed by atoms with Gasteiger partial charge in [-0.2, -0.15) is 10.2 Å². The van der Waals surface area contributed by atoms with Crippen LogP contribution in [0.25, 0.3) is 17.2 Å². The van der Waals surface area contributed by atoms with Gasteiger partial charge in [-0.3, -0.25) is 0 Å². The van der Waals surface area contributed by atoms with Crippen LogP contribution < -0.4 is 10.6 Å². The number of furan rings is 1. The van der Waals surface area contributed by atoms with E-state index in [9.17, 15) is 14.9 Å². The van der Waals surface area contributed by atoms with Crippen molar-refractivity contribution in [3.05, 3.63) is 52.6 Å². The van der Waals surface area contributed by atoms with Gasteiger partial charge in [0.15, 0.2) is 12.4 Å². The second-order valence-corrected chi connectivity index (χ2v) is 7.19. The van der Waals surface area contributed by atoms with E-state index in [1.807, 2.05) is 37.2 Å². The first-order valence-corrected chi connectivity index (χ1v) is 10.0. The van der Waals surface area contributed by atoms with Gasteiger partial charge in [0.05, 0.1) is 12.0 Å². The Morgan fingerprint density at radius 3 is 2.52 bits per heavy atom. The average Bonchev–Trinajstić information content (AvgIpc) is 3.12. The van der Waals surface area contributed by atoms with E-state index >= 15 is 0 Å². The predicted molar refractivity (Wildman–Crippen MR) is 121 cm³/mol. The molecule has 0 fully saturated rings. The Hall–Kier alpha value is -4.39. The third-order valence-electron chi connectivity index (χ3n) is 4.67. The molecule has 0 bridgehead atoms. The summed E-state index contributed by atoms with van der Waals surface area (Å²) in [7, 11) is 3.83. The molecule has 0 atom stereocenters. The second kappa shape index (κ2) is 9.82. The van der Waals surface area contributed by atoms with Crippen LogP contribution >= 0.6 is 0 Å². The smallest absolute Gasteiger partial charge is 0.349 e. The van der Waals surface area contributed by atoms with Gasteiger partial charge in [-0.25, -0.2) is 14.6 Å². The topological polar surface area (TPSA) is 145 Å². The van der Waals surface area contributed by atoms with Crippen LogP contribution in [0.1, 0.15) is 34.4 Å². The average molecular weight is 449 g/mol. The third kappa shape index (κ3) is 5.10. The standard InChI is InChI=1S/C23H23N5O5/c1-5-31-23(30)18-13(2)33-21-19(18)20(25)26-17(27-21)12-32-22(29)15(11-24)10-14-6-8-16(9-7-14)28(3)4/h6-10H,5,12H2,1-4H3,(H2,25,26,27)/b15-10+. The minimum atomic E-state index is -0.834. The molecule has 3 rings (SSSR count). The Bertz CT molecular complexity index is 1270. The molecule has 2 heterocycles. The van der Waals surface area contributed by atoms with Crippen molar-refractivity contribution in [3.63, 3.8) is 0 Å². The maximum absolute atomic E-state index is 12.4. The number of ether oxygens (including phenoxy) is 2. The van der Waals surface area contributed by atoms with E-state index in [4.69, 9.17) is 19.6 Å². The van der Waals surface area contributed by atoms with Gasteiger partial charge in [-0.1, -0.05) is 12.1 Å². The van der Waals surface area contributed by atoms with Gasteiger partial charge in [-0.05, 0) is 37.6 Å². The summed E-state index contributed by atoms with van der Waals surface area (Å²) in [5.41, 5.74) is 7.72. The molecule has 0 saturated heterocycles. The summed E-state index contributed by atoms with van der Waals surface area (Å²) in [6, 6.07) is 9.16. The molecular weight excluding hydrogens is 426 g/mol. The number of rotatable bonds is 7. The number of aryl methyl sites for hydroxylation is 1. The van der Waals surface area contributed by atoms with Crippen molar-refractivity contribution in [2.75, 3.05) is 31.3 Å². The number of nitrogens with two attached hydrogens (primary N) is 1. The minimum absolute atomic E-state index is 0.0111. The molecule has 0 radical (unpaired) electrons. The van der Waals surface area contributed by atoms with Crippen LogP contribution in [0.3, 0.4) is 0 Å². The maximum Gasteiger partial charge on any atom is 0.349 e.